The minimum absolute atomic E-state index is 0.0805. The van der Waals surface area contributed by atoms with Crippen molar-refractivity contribution in [3.63, 3.8) is 0 Å². The van der Waals surface area contributed by atoms with Gasteiger partial charge in [-0.2, -0.15) is 0 Å². The van der Waals surface area contributed by atoms with Crippen LogP contribution in [0.2, 0.25) is 0 Å². The molecular formula is C21H23N4OPS3. The number of anilines is 2. The normalized spacial score (nSPS) is 11.5. The maximum absolute atomic E-state index is 12.5. The summed E-state index contributed by atoms with van der Waals surface area (Å²) in [5.74, 6) is -0.0805. The molecule has 2 aromatic heterocycles. The fourth-order valence-corrected chi connectivity index (χ4v) is 5.65. The fourth-order valence-electron chi connectivity index (χ4n) is 3.14. The van der Waals surface area contributed by atoms with E-state index in [0.29, 0.717) is 36.4 Å². The van der Waals surface area contributed by atoms with Crippen LogP contribution in [-0.4, -0.2) is 10.5 Å². The zero-order valence-electron chi connectivity index (χ0n) is 16.8. The first kappa shape index (κ1) is 22.6. The van der Waals surface area contributed by atoms with Crippen molar-refractivity contribution in [3.8, 4) is 0 Å². The number of nitrogens with two attached hydrogens (primary N) is 1. The first-order chi connectivity index (χ1) is 14.4. The second-order valence-corrected chi connectivity index (χ2v) is 9.78. The number of nitrogen functional groups attached to an aromatic ring is 1. The van der Waals surface area contributed by atoms with E-state index in [1.807, 2.05) is 6.07 Å². The predicted octanol–water partition coefficient (Wildman–Crippen LogP) is 5.32. The van der Waals surface area contributed by atoms with Crippen LogP contribution in [-0.2, 0) is 11.3 Å². The van der Waals surface area contributed by atoms with Crippen LogP contribution in [0.1, 0.15) is 31.6 Å². The molecule has 0 aliphatic carbocycles. The number of para-hydroxylation sites is 1. The van der Waals surface area contributed by atoms with Crippen LogP contribution in [0, 0.1) is 3.95 Å². The van der Waals surface area contributed by atoms with Gasteiger partial charge in [0.2, 0.25) is 5.91 Å². The minimum Gasteiger partial charge on any atom is -0.397 e. The van der Waals surface area contributed by atoms with E-state index in [1.54, 1.807) is 40.9 Å². The van der Waals surface area contributed by atoms with Gasteiger partial charge in [-0.15, -0.1) is 22.7 Å². The Kier molecular flexibility index (Phi) is 7.72. The zero-order valence-corrected chi connectivity index (χ0v) is 20.2. The first-order valence-electron chi connectivity index (χ1n) is 9.39. The summed E-state index contributed by atoms with van der Waals surface area (Å²) >= 11 is 8.94. The molecule has 0 atom stereocenters. The van der Waals surface area contributed by atoms with E-state index < -0.39 is 0 Å². The largest absolute Gasteiger partial charge is 0.397 e. The average Bonchev–Trinajstić information content (AvgIpc) is 3.30. The standard InChI is InChI=1S/C21H23N4OPS3/c1-13(2)20-17(12-14-6-5-11-29-14)30-21(28)25(20)10-4-9-18(26)23-16-8-3-7-15(22)19(16)24-27/h3,5-8,11-12,27H,4,9-10,22H2,1-2H3,(H,23,26)/b17-12-. The molecule has 0 saturated carbocycles. The molecule has 5 nitrogen and oxygen atoms in total. The molecule has 0 unspecified atom stereocenters. The van der Waals surface area contributed by atoms with Crippen molar-refractivity contribution in [1.82, 2.24) is 4.57 Å². The minimum atomic E-state index is -0.0805. The molecule has 1 amide bonds. The summed E-state index contributed by atoms with van der Waals surface area (Å²) in [6.45, 7) is 4.88. The van der Waals surface area contributed by atoms with E-state index in [9.17, 15) is 4.79 Å². The van der Waals surface area contributed by atoms with Gasteiger partial charge in [0.15, 0.2) is 3.95 Å². The van der Waals surface area contributed by atoms with Crippen molar-refractivity contribution >= 4 is 78.5 Å². The summed E-state index contributed by atoms with van der Waals surface area (Å²) in [5.41, 5.74) is 8.72. The van der Waals surface area contributed by atoms with Crippen LogP contribution in [0.5, 0.6) is 0 Å². The SMILES string of the molecule is CC(C)=c1/c(=C/c2cccs2)sc(=S)n1CCCC(=O)Nc1cccc(N)c1N=P. The first-order valence-corrected chi connectivity index (χ1v) is 11.9. The van der Waals surface area contributed by atoms with Crippen LogP contribution in [0.4, 0.5) is 17.1 Å². The predicted molar refractivity (Wildman–Crippen MR) is 134 cm³/mol. The van der Waals surface area contributed by atoms with Crippen LogP contribution < -0.4 is 20.9 Å². The van der Waals surface area contributed by atoms with E-state index in [-0.39, 0.29) is 5.91 Å². The molecule has 1 aromatic carbocycles. The highest BCUT2D eigenvalue weighted by Gasteiger charge is 2.10. The highest BCUT2D eigenvalue weighted by molar-refractivity contribution is 7.73. The van der Waals surface area contributed by atoms with Crippen molar-refractivity contribution in [1.29, 1.82) is 0 Å². The molecule has 9 heteroatoms. The molecule has 0 fully saturated rings. The number of benzene rings is 1. The highest BCUT2D eigenvalue weighted by atomic mass is 32.1. The lowest BCUT2D eigenvalue weighted by molar-refractivity contribution is -0.116. The van der Waals surface area contributed by atoms with Gasteiger partial charge in [0.25, 0.3) is 0 Å². The van der Waals surface area contributed by atoms with Gasteiger partial charge in [-0.1, -0.05) is 17.7 Å². The Balaban J connectivity index is 1.74. The Morgan fingerprint density at radius 3 is 2.80 bits per heavy atom. The van der Waals surface area contributed by atoms with E-state index in [0.717, 1.165) is 13.8 Å². The zero-order chi connectivity index (χ0) is 21.7. The van der Waals surface area contributed by atoms with Crippen molar-refractivity contribution in [2.45, 2.75) is 33.2 Å². The van der Waals surface area contributed by atoms with Crippen molar-refractivity contribution < 1.29 is 4.79 Å². The number of rotatable bonds is 7. The molecular weight excluding hydrogens is 451 g/mol. The number of nitrogens with zero attached hydrogens (tertiary/aromatic N) is 2. The lowest BCUT2D eigenvalue weighted by Crippen LogP contribution is -2.30. The van der Waals surface area contributed by atoms with Gasteiger partial charge >= 0.3 is 0 Å². The molecule has 3 rings (SSSR count). The molecule has 0 saturated heterocycles. The van der Waals surface area contributed by atoms with Gasteiger partial charge in [0.05, 0.1) is 21.3 Å². The van der Waals surface area contributed by atoms with Gasteiger partial charge in [-0.05, 0) is 71.2 Å². The van der Waals surface area contributed by atoms with Gasteiger partial charge in [-0.3, -0.25) is 4.79 Å². The Morgan fingerprint density at radius 1 is 1.33 bits per heavy atom. The topological polar surface area (TPSA) is 72.4 Å². The lowest BCUT2D eigenvalue weighted by atomic mass is 10.2. The van der Waals surface area contributed by atoms with E-state index in [1.165, 1.54) is 10.5 Å². The van der Waals surface area contributed by atoms with E-state index in [4.69, 9.17) is 18.0 Å². The van der Waals surface area contributed by atoms with E-state index in [2.05, 4.69) is 55.0 Å². The van der Waals surface area contributed by atoms with Gasteiger partial charge < -0.3 is 15.6 Å². The Labute approximate surface area is 190 Å². The molecule has 0 aliphatic heterocycles. The highest BCUT2D eigenvalue weighted by Crippen LogP contribution is 2.32. The van der Waals surface area contributed by atoms with Gasteiger partial charge in [0, 0.05) is 17.8 Å². The Hall–Kier alpha value is -2.12. The monoisotopic (exact) mass is 474 g/mol. The summed E-state index contributed by atoms with van der Waals surface area (Å²) in [7, 11) is 3.11. The van der Waals surface area contributed by atoms with Crippen LogP contribution >= 0.6 is 43.9 Å². The number of aromatic nitrogens is 1. The number of hydrogen-bond donors (Lipinski definition) is 2. The molecule has 3 N–H and O–H groups in total. The average molecular weight is 475 g/mol. The summed E-state index contributed by atoms with van der Waals surface area (Å²) in [6.07, 6.45) is 3.24. The smallest absolute Gasteiger partial charge is 0.224 e. The number of nitrogens with one attached hydrogen (secondary N) is 1. The second kappa shape index (κ2) is 10.3. The number of carbonyl (C=O) groups excluding carboxylic acids is 1. The second-order valence-electron chi connectivity index (χ2n) is 6.90. The third-order valence-electron chi connectivity index (χ3n) is 4.45. The van der Waals surface area contributed by atoms with Crippen molar-refractivity contribution in [2.75, 3.05) is 11.1 Å². The summed E-state index contributed by atoms with van der Waals surface area (Å²) < 4.78 is 8.10. The van der Waals surface area contributed by atoms with Crippen molar-refractivity contribution in [3.05, 3.63) is 54.4 Å². The fraction of sp³-hybridized carbons (Fsp3) is 0.238. The molecule has 2 heterocycles. The van der Waals surface area contributed by atoms with Crippen LogP contribution in [0.15, 0.2) is 40.5 Å². The van der Waals surface area contributed by atoms with Crippen molar-refractivity contribution in [2.24, 2.45) is 4.74 Å². The third kappa shape index (κ3) is 5.32. The van der Waals surface area contributed by atoms with Gasteiger partial charge in [0.1, 0.15) is 5.69 Å². The number of thiophene rings is 1. The summed E-state index contributed by atoms with van der Waals surface area (Å²) in [6, 6.07) is 9.45. The molecule has 30 heavy (non-hydrogen) atoms. The number of carbonyl (C=O) groups is 1. The third-order valence-corrected chi connectivity index (χ3v) is 6.89. The van der Waals surface area contributed by atoms with E-state index >= 15 is 0 Å². The van der Waals surface area contributed by atoms with Crippen LogP contribution in [0.25, 0.3) is 11.6 Å². The quantitative estimate of drug-likeness (QED) is 0.277. The Morgan fingerprint density at radius 2 is 2.13 bits per heavy atom. The lowest BCUT2D eigenvalue weighted by Gasteiger charge is -2.10. The number of amides is 1. The molecule has 0 bridgehead atoms. The summed E-state index contributed by atoms with van der Waals surface area (Å²) in [4.78, 5) is 13.7. The van der Waals surface area contributed by atoms with Crippen LogP contribution in [0.3, 0.4) is 0 Å². The maximum Gasteiger partial charge on any atom is 0.224 e. The molecule has 0 spiro atoms. The molecule has 0 radical (unpaired) electrons. The maximum atomic E-state index is 12.5. The van der Waals surface area contributed by atoms with Gasteiger partial charge in [-0.25, -0.2) is 4.74 Å². The summed E-state index contributed by atoms with van der Waals surface area (Å²) in [5, 5.41) is 6.10. The molecule has 156 valence electrons. The Bertz CT molecular complexity index is 1240. The molecule has 3 aromatic rings. The molecule has 0 aliphatic rings. The number of hydrogen-bond acceptors (Lipinski definition) is 6. The number of thiazole rings is 1.